The van der Waals surface area contributed by atoms with Crippen molar-refractivity contribution >= 4 is 17.4 Å². The molecule has 0 aliphatic heterocycles. The summed E-state index contributed by atoms with van der Waals surface area (Å²) in [6.07, 6.45) is 4.95. The standard InChI is InChI=1S/C18H25ClO/c1-18(2,3)15-10-8-13(9-11-15)17(20)12-14-6-4-5-7-16(14)19/h4-7,13,15H,8-12H2,1-3H3. The Balaban J connectivity index is 1.91. The van der Waals surface area contributed by atoms with Crippen LogP contribution < -0.4 is 0 Å². The number of hydrogen-bond donors (Lipinski definition) is 0. The van der Waals surface area contributed by atoms with Crippen LogP contribution in [0, 0.1) is 17.3 Å². The molecule has 1 aliphatic carbocycles. The first kappa shape index (κ1) is 15.6. The lowest BCUT2D eigenvalue weighted by molar-refractivity contribution is -0.123. The molecule has 0 radical (unpaired) electrons. The topological polar surface area (TPSA) is 17.1 Å². The van der Waals surface area contributed by atoms with Crippen LogP contribution >= 0.6 is 11.6 Å². The van der Waals surface area contributed by atoms with Gasteiger partial charge in [0.15, 0.2) is 0 Å². The second-order valence-electron chi connectivity index (χ2n) is 7.15. The van der Waals surface area contributed by atoms with Gasteiger partial charge in [0, 0.05) is 17.4 Å². The van der Waals surface area contributed by atoms with Gasteiger partial charge >= 0.3 is 0 Å². The summed E-state index contributed by atoms with van der Waals surface area (Å²) in [5, 5.41) is 0.712. The largest absolute Gasteiger partial charge is 0.299 e. The predicted octanol–water partition coefficient (Wildman–Crippen LogP) is 5.30. The maximum absolute atomic E-state index is 12.4. The molecule has 0 atom stereocenters. The molecule has 2 rings (SSSR count). The van der Waals surface area contributed by atoms with E-state index in [1.165, 1.54) is 12.8 Å². The molecule has 110 valence electrons. The molecular formula is C18H25ClO. The summed E-state index contributed by atoms with van der Waals surface area (Å²) in [5.74, 6) is 1.36. The molecule has 1 aliphatic rings. The summed E-state index contributed by atoms with van der Waals surface area (Å²) >= 11 is 6.14. The van der Waals surface area contributed by atoms with Gasteiger partial charge in [-0.3, -0.25) is 4.79 Å². The highest BCUT2D eigenvalue weighted by atomic mass is 35.5. The van der Waals surface area contributed by atoms with E-state index in [1.807, 2.05) is 24.3 Å². The average molecular weight is 293 g/mol. The van der Waals surface area contributed by atoms with Gasteiger partial charge in [-0.2, -0.15) is 0 Å². The Hall–Kier alpha value is -0.820. The average Bonchev–Trinajstić information content (AvgIpc) is 2.40. The van der Waals surface area contributed by atoms with Crippen LogP contribution in [0.2, 0.25) is 5.02 Å². The monoisotopic (exact) mass is 292 g/mol. The van der Waals surface area contributed by atoms with Gasteiger partial charge in [-0.15, -0.1) is 0 Å². The van der Waals surface area contributed by atoms with Crippen molar-refractivity contribution in [2.75, 3.05) is 0 Å². The third kappa shape index (κ3) is 3.85. The molecule has 0 spiro atoms. The lowest BCUT2D eigenvalue weighted by atomic mass is 9.69. The molecule has 1 aromatic carbocycles. The van der Waals surface area contributed by atoms with E-state index >= 15 is 0 Å². The first-order chi connectivity index (χ1) is 9.38. The summed E-state index contributed by atoms with van der Waals surface area (Å²) in [4.78, 5) is 12.4. The molecule has 1 aromatic rings. The summed E-state index contributed by atoms with van der Waals surface area (Å²) in [6, 6.07) is 7.68. The molecule has 1 fully saturated rings. The van der Waals surface area contributed by atoms with Gasteiger partial charge < -0.3 is 0 Å². The number of carbonyl (C=O) groups excluding carboxylic acids is 1. The Bertz CT molecular complexity index is 465. The minimum atomic E-state index is 0.241. The molecule has 20 heavy (non-hydrogen) atoms. The number of ketones is 1. The van der Waals surface area contributed by atoms with Gasteiger partial charge in [-0.1, -0.05) is 50.6 Å². The number of carbonyl (C=O) groups is 1. The van der Waals surface area contributed by atoms with Crippen molar-refractivity contribution in [1.82, 2.24) is 0 Å². The molecule has 0 unspecified atom stereocenters. The molecule has 0 amide bonds. The Kier molecular flexibility index (Phi) is 4.90. The zero-order valence-electron chi connectivity index (χ0n) is 12.8. The molecule has 2 heteroatoms. The van der Waals surface area contributed by atoms with Crippen molar-refractivity contribution in [3.8, 4) is 0 Å². The molecule has 0 heterocycles. The van der Waals surface area contributed by atoms with E-state index in [0.717, 1.165) is 24.3 Å². The van der Waals surface area contributed by atoms with Crippen LogP contribution in [0.3, 0.4) is 0 Å². The lowest BCUT2D eigenvalue weighted by Gasteiger charge is -2.36. The minimum absolute atomic E-state index is 0.241. The summed E-state index contributed by atoms with van der Waals surface area (Å²) in [6.45, 7) is 6.93. The second kappa shape index (κ2) is 6.30. The van der Waals surface area contributed by atoms with Gasteiger partial charge in [-0.25, -0.2) is 0 Å². The first-order valence-corrected chi connectivity index (χ1v) is 8.02. The van der Waals surface area contributed by atoms with E-state index in [2.05, 4.69) is 20.8 Å². The van der Waals surface area contributed by atoms with E-state index in [9.17, 15) is 4.79 Å². The Labute approximate surface area is 127 Å². The summed E-state index contributed by atoms with van der Waals surface area (Å²) in [7, 11) is 0. The molecule has 1 saturated carbocycles. The summed E-state index contributed by atoms with van der Waals surface area (Å²) < 4.78 is 0. The highest BCUT2D eigenvalue weighted by molar-refractivity contribution is 6.31. The molecular weight excluding hydrogens is 268 g/mol. The van der Waals surface area contributed by atoms with Crippen molar-refractivity contribution in [1.29, 1.82) is 0 Å². The first-order valence-electron chi connectivity index (χ1n) is 7.64. The van der Waals surface area contributed by atoms with Crippen molar-refractivity contribution in [2.45, 2.75) is 52.9 Å². The molecule has 0 bridgehead atoms. The van der Waals surface area contributed by atoms with Gasteiger partial charge in [0.2, 0.25) is 0 Å². The highest BCUT2D eigenvalue weighted by Crippen LogP contribution is 2.40. The maximum Gasteiger partial charge on any atom is 0.140 e. The SMILES string of the molecule is CC(C)(C)C1CCC(C(=O)Cc2ccccc2Cl)CC1. The fourth-order valence-electron chi connectivity index (χ4n) is 3.26. The van der Waals surface area contributed by atoms with E-state index < -0.39 is 0 Å². The Morgan fingerprint density at radius 3 is 2.30 bits per heavy atom. The zero-order chi connectivity index (χ0) is 14.8. The number of benzene rings is 1. The number of hydrogen-bond acceptors (Lipinski definition) is 1. The van der Waals surface area contributed by atoms with Crippen molar-refractivity contribution in [3.05, 3.63) is 34.9 Å². The van der Waals surface area contributed by atoms with Crippen LogP contribution in [-0.4, -0.2) is 5.78 Å². The summed E-state index contributed by atoms with van der Waals surface area (Å²) in [5.41, 5.74) is 1.34. The molecule has 0 N–H and O–H groups in total. The van der Waals surface area contributed by atoms with Crippen LogP contribution in [-0.2, 0) is 11.2 Å². The normalized spacial score (nSPS) is 23.6. The highest BCUT2D eigenvalue weighted by Gasteiger charge is 2.32. The fraction of sp³-hybridized carbons (Fsp3) is 0.611. The number of Topliss-reactive ketones (excluding diaryl/α,β-unsaturated/α-hetero) is 1. The second-order valence-corrected chi connectivity index (χ2v) is 7.56. The van der Waals surface area contributed by atoms with E-state index in [1.54, 1.807) is 0 Å². The molecule has 1 nitrogen and oxygen atoms in total. The Morgan fingerprint density at radius 1 is 1.15 bits per heavy atom. The number of halogens is 1. The van der Waals surface area contributed by atoms with E-state index in [0.29, 0.717) is 22.6 Å². The third-order valence-corrected chi connectivity index (χ3v) is 5.10. The van der Waals surface area contributed by atoms with E-state index in [-0.39, 0.29) is 5.92 Å². The third-order valence-electron chi connectivity index (χ3n) is 4.73. The van der Waals surface area contributed by atoms with Crippen LogP contribution in [0.15, 0.2) is 24.3 Å². The van der Waals surface area contributed by atoms with Crippen LogP contribution in [0.25, 0.3) is 0 Å². The van der Waals surface area contributed by atoms with Gasteiger partial charge in [0.25, 0.3) is 0 Å². The lowest BCUT2D eigenvalue weighted by Crippen LogP contribution is -2.29. The molecule has 0 saturated heterocycles. The zero-order valence-corrected chi connectivity index (χ0v) is 13.5. The smallest absolute Gasteiger partial charge is 0.140 e. The van der Waals surface area contributed by atoms with Gasteiger partial charge in [0.05, 0.1) is 0 Å². The quantitative estimate of drug-likeness (QED) is 0.738. The van der Waals surface area contributed by atoms with Crippen molar-refractivity contribution in [3.63, 3.8) is 0 Å². The fourth-order valence-corrected chi connectivity index (χ4v) is 3.46. The maximum atomic E-state index is 12.4. The van der Waals surface area contributed by atoms with Gasteiger partial charge in [-0.05, 0) is 48.6 Å². The van der Waals surface area contributed by atoms with Crippen molar-refractivity contribution in [2.24, 2.45) is 17.3 Å². The Morgan fingerprint density at radius 2 is 1.75 bits per heavy atom. The van der Waals surface area contributed by atoms with Crippen LogP contribution in [0.5, 0.6) is 0 Å². The minimum Gasteiger partial charge on any atom is -0.299 e. The van der Waals surface area contributed by atoms with Crippen LogP contribution in [0.1, 0.15) is 52.0 Å². The molecule has 0 aromatic heterocycles. The predicted molar refractivity (Wildman–Crippen MR) is 85.1 cm³/mol. The van der Waals surface area contributed by atoms with Crippen LogP contribution in [0.4, 0.5) is 0 Å². The van der Waals surface area contributed by atoms with Crippen molar-refractivity contribution < 1.29 is 4.79 Å². The number of rotatable bonds is 3. The van der Waals surface area contributed by atoms with E-state index in [4.69, 9.17) is 11.6 Å². The van der Waals surface area contributed by atoms with Gasteiger partial charge in [0.1, 0.15) is 5.78 Å².